The van der Waals surface area contributed by atoms with Crippen molar-refractivity contribution in [2.75, 3.05) is 5.73 Å². The summed E-state index contributed by atoms with van der Waals surface area (Å²) < 4.78 is 0. The van der Waals surface area contributed by atoms with E-state index in [0.29, 0.717) is 6.54 Å². The van der Waals surface area contributed by atoms with Crippen LogP contribution in [0.25, 0.3) is 0 Å². The number of hydrogen-bond acceptors (Lipinski definition) is 2. The van der Waals surface area contributed by atoms with E-state index in [0.717, 1.165) is 22.4 Å². The van der Waals surface area contributed by atoms with E-state index in [4.69, 9.17) is 5.73 Å². The first-order valence-corrected chi connectivity index (χ1v) is 7.19. The van der Waals surface area contributed by atoms with Crippen molar-refractivity contribution in [1.82, 2.24) is 4.90 Å². The Labute approximate surface area is 126 Å². The van der Waals surface area contributed by atoms with Gasteiger partial charge in [0, 0.05) is 23.8 Å². The van der Waals surface area contributed by atoms with E-state index >= 15 is 0 Å². The van der Waals surface area contributed by atoms with Gasteiger partial charge in [-0.15, -0.1) is 0 Å². The van der Waals surface area contributed by atoms with Crippen molar-refractivity contribution < 1.29 is 4.79 Å². The van der Waals surface area contributed by atoms with Crippen LogP contribution in [0.3, 0.4) is 0 Å². The minimum Gasteiger partial charge on any atom is -0.399 e. The molecule has 21 heavy (non-hydrogen) atoms. The molecule has 0 aliphatic rings. The lowest BCUT2D eigenvalue weighted by Gasteiger charge is -2.27. The fraction of sp³-hybridized carbons (Fsp3) is 0.278. The molecule has 3 heteroatoms. The Morgan fingerprint density at radius 1 is 1.14 bits per heavy atom. The number of nitrogens with zero attached hydrogens (tertiary/aromatic N) is 1. The molecule has 0 aromatic heterocycles. The summed E-state index contributed by atoms with van der Waals surface area (Å²) in [4.78, 5) is 14.5. The topological polar surface area (TPSA) is 46.3 Å². The van der Waals surface area contributed by atoms with Crippen molar-refractivity contribution in [2.45, 2.75) is 33.4 Å². The molecule has 110 valence electrons. The Hall–Kier alpha value is -2.29. The molecule has 0 saturated carbocycles. The van der Waals surface area contributed by atoms with Crippen molar-refractivity contribution in [2.24, 2.45) is 0 Å². The summed E-state index contributed by atoms with van der Waals surface area (Å²) in [6.45, 7) is 6.63. The number of carbonyl (C=O) groups is 1. The standard InChI is InChI=1S/C18H22N2O/c1-13(2)20(12-15-5-4-6-17(19)11-15)18(21)16-9-7-14(3)8-10-16/h4-11,13H,12,19H2,1-3H3. The monoisotopic (exact) mass is 282 g/mol. The maximum absolute atomic E-state index is 12.7. The van der Waals surface area contributed by atoms with E-state index in [9.17, 15) is 4.79 Å². The van der Waals surface area contributed by atoms with Gasteiger partial charge in [-0.3, -0.25) is 4.79 Å². The van der Waals surface area contributed by atoms with Gasteiger partial charge in [-0.05, 0) is 50.6 Å². The van der Waals surface area contributed by atoms with Crippen LogP contribution in [0.4, 0.5) is 5.69 Å². The van der Waals surface area contributed by atoms with Crippen molar-refractivity contribution in [3.8, 4) is 0 Å². The lowest BCUT2D eigenvalue weighted by atomic mass is 10.1. The first kappa shape index (κ1) is 15.1. The van der Waals surface area contributed by atoms with Gasteiger partial charge >= 0.3 is 0 Å². The second-order valence-corrected chi connectivity index (χ2v) is 5.64. The van der Waals surface area contributed by atoms with Crippen LogP contribution < -0.4 is 5.73 Å². The first-order valence-electron chi connectivity index (χ1n) is 7.19. The minimum atomic E-state index is 0.0485. The zero-order chi connectivity index (χ0) is 15.4. The van der Waals surface area contributed by atoms with Crippen molar-refractivity contribution in [3.63, 3.8) is 0 Å². The van der Waals surface area contributed by atoms with E-state index in [-0.39, 0.29) is 11.9 Å². The average Bonchev–Trinajstić information content (AvgIpc) is 2.44. The highest BCUT2D eigenvalue weighted by molar-refractivity contribution is 5.94. The number of carbonyl (C=O) groups excluding carboxylic acids is 1. The molecule has 0 fully saturated rings. The highest BCUT2D eigenvalue weighted by Gasteiger charge is 2.19. The predicted molar refractivity (Wildman–Crippen MR) is 87.0 cm³/mol. The fourth-order valence-electron chi connectivity index (χ4n) is 2.24. The van der Waals surface area contributed by atoms with Crippen LogP contribution in [0.1, 0.15) is 35.3 Å². The molecular weight excluding hydrogens is 260 g/mol. The zero-order valence-corrected chi connectivity index (χ0v) is 12.8. The van der Waals surface area contributed by atoms with Gasteiger partial charge in [-0.2, -0.15) is 0 Å². The van der Waals surface area contributed by atoms with E-state index < -0.39 is 0 Å². The number of anilines is 1. The van der Waals surface area contributed by atoms with E-state index in [1.807, 2.05) is 74.2 Å². The van der Waals surface area contributed by atoms with Gasteiger partial charge in [-0.1, -0.05) is 29.8 Å². The Bertz CT molecular complexity index is 617. The van der Waals surface area contributed by atoms with Crippen molar-refractivity contribution in [3.05, 3.63) is 65.2 Å². The van der Waals surface area contributed by atoms with Crippen LogP contribution in [0.5, 0.6) is 0 Å². The molecular formula is C18H22N2O. The molecule has 0 aliphatic carbocycles. The normalized spacial score (nSPS) is 10.7. The van der Waals surface area contributed by atoms with Crippen LogP contribution in [0.15, 0.2) is 48.5 Å². The third kappa shape index (κ3) is 3.85. The fourth-order valence-corrected chi connectivity index (χ4v) is 2.24. The molecule has 0 radical (unpaired) electrons. The van der Waals surface area contributed by atoms with Gasteiger partial charge in [0.1, 0.15) is 0 Å². The van der Waals surface area contributed by atoms with Gasteiger partial charge in [0.25, 0.3) is 5.91 Å². The SMILES string of the molecule is Cc1ccc(C(=O)N(Cc2cccc(N)c2)C(C)C)cc1. The molecule has 2 aromatic carbocycles. The Morgan fingerprint density at radius 3 is 2.38 bits per heavy atom. The average molecular weight is 282 g/mol. The van der Waals surface area contributed by atoms with Gasteiger partial charge in [0.05, 0.1) is 0 Å². The summed E-state index contributed by atoms with van der Waals surface area (Å²) >= 11 is 0. The van der Waals surface area contributed by atoms with Crippen molar-refractivity contribution in [1.29, 1.82) is 0 Å². The van der Waals surface area contributed by atoms with Gasteiger partial charge < -0.3 is 10.6 Å². The summed E-state index contributed by atoms with van der Waals surface area (Å²) in [5.74, 6) is 0.0485. The maximum atomic E-state index is 12.7. The summed E-state index contributed by atoms with van der Waals surface area (Å²) in [5.41, 5.74) is 9.45. The third-order valence-corrected chi connectivity index (χ3v) is 3.49. The molecule has 3 nitrogen and oxygen atoms in total. The molecule has 0 heterocycles. The number of aryl methyl sites for hydroxylation is 1. The molecule has 0 atom stereocenters. The number of hydrogen-bond donors (Lipinski definition) is 1. The van der Waals surface area contributed by atoms with Gasteiger partial charge in [-0.25, -0.2) is 0 Å². The number of benzene rings is 2. The molecule has 0 saturated heterocycles. The zero-order valence-electron chi connectivity index (χ0n) is 12.8. The summed E-state index contributed by atoms with van der Waals surface area (Å²) in [7, 11) is 0. The summed E-state index contributed by atoms with van der Waals surface area (Å²) in [6.07, 6.45) is 0. The number of nitrogen functional groups attached to an aromatic ring is 1. The van der Waals surface area contributed by atoms with Gasteiger partial charge in [0.2, 0.25) is 0 Å². The van der Waals surface area contributed by atoms with Crippen LogP contribution in [0, 0.1) is 6.92 Å². The molecule has 0 unspecified atom stereocenters. The van der Waals surface area contributed by atoms with Crippen LogP contribution in [-0.4, -0.2) is 16.8 Å². The highest BCUT2D eigenvalue weighted by Crippen LogP contribution is 2.15. The number of rotatable bonds is 4. The molecule has 0 aliphatic heterocycles. The smallest absolute Gasteiger partial charge is 0.254 e. The Morgan fingerprint density at radius 2 is 1.81 bits per heavy atom. The molecule has 0 bridgehead atoms. The second kappa shape index (κ2) is 6.44. The molecule has 2 aromatic rings. The highest BCUT2D eigenvalue weighted by atomic mass is 16.2. The summed E-state index contributed by atoms with van der Waals surface area (Å²) in [6, 6.07) is 15.5. The quantitative estimate of drug-likeness (QED) is 0.870. The first-order chi connectivity index (χ1) is 9.97. The Kier molecular flexibility index (Phi) is 4.63. The lowest BCUT2D eigenvalue weighted by molar-refractivity contribution is 0.0690. The Balaban J connectivity index is 2.22. The van der Waals surface area contributed by atoms with E-state index in [2.05, 4.69) is 0 Å². The van der Waals surface area contributed by atoms with E-state index in [1.165, 1.54) is 0 Å². The third-order valence-electron chi connectivity index (χ3n) is 3.49. The van der Waals surface area contributed by atoms with Gasteiger partial charge in [0.15, 0.2) is 0 Å². The van der Waals surface area contributed by atoms with E-state index in [1.54, 1.807) is 0 Å². The minimum absolute atomic E-state index is 0.0485. The lowest BCUT2D eigenvalue weighted by Crippen LogP contribution is -2.36. The molecule has 1 amide bonds. The van der Waals surface area contributed by atoms with Crippen LogP contribution in [-0.2, 0) is 6.54 Å². The largest absolute Gasteiger partial charge is 0.399 e. The van der Waals surface area contributed by atoms with Crippen molar-refractivity contribution >= 4 is 11.6 Å². The maximum Gasteiger partial charge on any atom is 0.254 e. The predicted octanol–water partition coefficient (Wildman–Crippen LogP) is 3.63. The number of amides is 1. The molecule has 0 spiro atoms. The van der Waals surface area contributed by atoms with Crippen LogP contribution >= 0.6 is 0 Å². The molecule has 2 rings (SSSR count). The molecule has 2 N–H and O–H groups in total. The number of nitrogens with two attached hydrogens (primary N) is 1. The summed E-state index contributed by atoms with van der Waals surface area (Å²) in [5, 5.41) is 0. The van der Waals surface area contributed by atoms with Crippen LogP contribution in [0.2, 0.25) is 0 Å². The second-order valence-electron chi connectivity index (χ2n) is 5.64.